The number of hydrogen-bond donors (Lipinski definition) is 1. The van der Waals surface area contributed by atoms with Gasteiger partial charge in [0.2, 0.25) is 0 Å². The van der Waals surface area contributed by atoms with E-state index in [9.17, 15) is 17.2 Å². The maximum atomic E-state index is 12.8. The first-order valence-corrected chi connectivity index (χ1v) is 6.33. The second-order valence-corrected chi connectivity index (χ2v) is 5.95. The molecule has 84 valence electrons. The lowest BCUT2D eigenvalue weighted by Crippen LogP contribution is -2.43. The second-order valence-electron chi connectivity index (χ2n) is 3.02. The maximum absolute atomic E-state index is 12.8. The molecule has 1 N–H and O–H groups in total. The van der Waals surface area contributed by atoms with Crippen molar-refractivity contribution >= 4 is 22.1 Å². The lowest BCUT2D eigenvalue weighted by Gasteiger charge is -2.28. The monoisotopic (exact) mass is 247 g/mol. The lowest BCUT2D eigenvalue weighted by atomic mass is 10.2. The summed E-state index contributed by atoms with van der Waals surface area (Å²) in [6.07, 6.45) is 2.03. The number of alkyl halides is 2. The summed E-state index contributed by atoms with van der Waals surface area (Å²) in [7, 11) is -4.70. The Balaban J connectivity index is 2.83. The first kappa shape index (κ1) is 12.2. The van der Waals surface area contributed by atoms with E-state index < -0.39 is 26.7 Å². The molecule has 0 unspecified atom stereocenters. The molecule has 1 rings (SSSR count). The SMILES string of the molecule is O=S(=O)(N1CCCCC1)C(F)(F)SO. The van der Waals surface area contributed by atoms with Crippen LogP contribution in [-0.2, 0) is 10.0 Å². The third-order valence-corrected chi connectivity index (χ3v) is 4.78. The zero-order valence-electron chi connectivity index (χ0n) is 7.32. The van der Waals surface area contributed by atoms with Gasteiger partial charge in [0.15, 0.2) is 0 Å². The van der Waals surface area contributed by atoms with E-state index in [4.69, 9.17) is 4.55 Å². The lowest BCUT2D eigenvalue weighted by molar-refractivity contribution is 0.172. The number of rotatable bonds is 3. The van der Waals surface area contributed by atoms with E-state index in [0.717, 1.165) is 10.7 Å². The van der Waals surface area contributed by atoms with Crippen LogP contribution in [-0.4, -0.2) is 35.0 Å². The molecule has 0 amide bonds. The van der Waals surface area contributed by atoms with Gasteiger partial charge in [-0.25, -0.2) is 8.42 Å². The van der Waals surface area contributed by atoms with Gasteiger partial charge >= 0.3 is 4.59 Å². The molecule has 1 fully saturated rings. The molecule has 0 spiro atoms. The van der Waals surface area contributed by atoms with Crippen LogP contribution >= 0.6 is 12.0 Å². The molecule has 8 heteroatoms. The molecule has 1 aliphatic rings. The number of hydrogen-bond acceptors (Lipinski definition) is 4. The Labute approximate surface area is 85.5 Å². The van der Waals surface area contributed by atoms with E-state index in [2.05, 4.69) is 0 Å². The van der Waals surface area contributed by atoms with Crippen molar-refractivity contribution in [2.45, 2.75) is 23.8 Å². The van der Waals surface area contributed by atoms with Gasteiger partial charge < -0.3 is 4.55 Å². The quantitative estimate of drug-likeness (QED) is 0.769. The van der Waals surface area contributed by atoms with Gasteiger partial charge in [-0.3, -0.25) is 0 Å². The Morgan fingerprint density at radius 1 is 1.21 bits per heavy atom. The topological polar surface area (TPSA) is 57.6 Å². The minimum absolute atomic E-state index is 0.110. The van der Waals surface area contributed by atoms with Gasteiger partial charge in [0.1, 0.15) is 0 Å². The molecular formula is C6H11F2NO3S2. The fourth-order valence-corrected chi connectivity index (χ4v) is 3.04. The molecule has 0 aromatic heterocycles. The highest BCUT2D eigenvalue weighted by atomic mass is 32.3. The van der Waals surface area contributed by atoms with Crippen molar-refractivity contribution in [2.75, 3.05) is 13.1 Å². The summed E-state index contributed by atoms with van der Waals surface area (Å²) in [5, 5.41) is 0. The average molecular weight is 247 g/mol. The van der Waals surface area contributed by atoms with Crippen molar-refractivity contribution in [3.63, 3.8) is 0 Å². The molecule has 0 aliphatic carbocycles. The zero-order chi connectivity index (χ0) is 10.8. The fourth-order valence-electron chi connectivity index (χ4n) is 1.30. The molecule has 4 nitrogen and oxygen atoms in total. The van der Waals surface area contributed by atoms with Crippen molar-refractivity contribution in [1.29, 1.82) is 0 Å². The smallest absolute Gasteiger partial charge is 0.325 e. The van der Waals surface area contributed by atoms with Crippen LogP contribution in [0.4, 0.5) is 8.78 Å². The molecule has 1 saturated heterocycles. The summed E-state index contributed by atoms with van der Waals surface area (Å²) in [5.74, 6) is 0. The minimum atomic E-state index is -4.70. The van der Waals surface area contributed by atoms with Gasteiger partial charge in [-0.1, -0.05) is 6.42 Å². The summed E-state index contributed by atoms with van der Waals surface area (Å²) in [5.41, 5.74) is 0. The van der Waals surface area contributed by atoms with Gasteiger partial charge in [-0.2, -0.15) is 13.1 Å². The Kier molecular flexibility index (Phi) is 3.73. The van der Waals surface area contributed by atoms with Gasteiger partial charge in [-0.15, -0.1) is 0 Å². The largest absolute Gasteiger partial charge is 0.430 e. The summed E-state index contributed by atoms with van der Waals surface area (Å²) in [4.78, 5) is 0. The number of halogens is 2. The molecule has 0 saturated carbocycles. The van der Waals surface area contributed by atoms with Crippen LogP contribution in [0.2, 0.25) is 0 Å². The zero-order valence-corrected chi connectivity index (χ0v) is 8.95. The molecule has 14 heavy (non-hydrogen) atoms. The van der Waals surface area contributed by atoms with Gasteiger partial charge in [-0.05, 0) is 12.8 Å². The van der Waals surface area contributed by atoms with Crippen LogP contribution in [0, 0.1) is 0 Å². The molecule has 0 aromatic carbocycles. The Hall–Kier alpha value is 0.0800. The molecule has 0 atom stereocenters. The first-order valence-electron chi connectivity index (χ1n) is 4.12. The Morgan fingerprint density at radius 3 is 2.14 bits per heavy atom. The normalized spacial score (nSPS) is 21.1. The molecule has 0 bridgehead atoms. The summed E-state index contributed by atoms with van der Waals surface area (Å²) >= 11 is -0.935. The van der Waals surface area contributed by atoms with Gasteiger partial charge in [0, 0.05) is 13.1 Å². The van der Waals surface area contributed by atoms with Crippen LogP contribution in [0.15, 0.2) is 0 Å². The third-order valence-electron chi connectivity index (χ3n) is 2.06. The van der Waals surface area contributed by atoms with E-state index in [1.54, 1.807) is 0 Å². The van der Waals surface area contributed by atoms with Crippen LogP contribution in [0.3, 0.4) is 0 Å². The van der Waals surface area contributed by atoms with Gasteiger partial charge in [0.25, 0.3) is 10.0 Å². The standard InChI is InChI=1S/C6H11F2NO3S2/c7-6(8,13-10)14(11,12)9-4-2-1-3-5-9/h10H,1-5H2. The number of sulfonamides is 1. The number of nitrogens with zero attached hydrogens (tertiary/aromatic N) is 1. The van der Waals surface area contributed by atoms with Crippen molar-refractivity contribution in [2.24, 2.45) is 0 Å². The van der Waals surface area contributed by atoms with Crippen LogP contribution in [0.25, 0.3) is 0 Å². The van der Waals surface area contributed by atoms with Crippen molar-refractivity contribution in [1.82, 2.24) is 4.31 Å². The van der Waals surface area contributed by atoms with E-state index >= 15 is 0 Å². The summed E-state index contributed by atoms with van der Waals surface area (Å²) < 4.78 is 52.9. The predicted octanol–water partition coefficient (Wildman–Crippen LogP) is 1.56. The highest BCUT2D eigenvalue weighted by Gasteiger charge is 2.50. The highest BCUT2D eigenvalue weighted by molar-refractivity contribution is 8.10. The third kappa shape index (κ3) is 2.18. The molecule has 0 aromatic rings. The van der Waals surface area contributed by atoms with Crippen molar-refractivity contribution < 1.29 is 21.8 Å². The fraction of sp³-hybridized carbons (Fsp3) is 1.00. The second kappa shape index (κ2) is 4.30. The molecular weight excluding hydrogens is 236 g/mol. The van der Waals surface area contributed by atoms with Crippen molar-refractivity contribution in [3.8, 4) is 0 Å². The van der Waals surface area contributed by atoms with Gasteiger partial charge in [0.05, 0.1) is 12.0 Å². The van der Waals surface area contributed by atoms with E-state index in [1.807, 2.05) is 0 Å². The average Bonchev–Trinajstić information content (AvgIpc) is 2.19. The predicted molar refractivity (Wildman–Crippen MR) is 49.5 cm³/mol. The van der Waals surface area contributed by atoms with E-state index in [0.29, 0.717) is 12.8 Å². The first-order chi connectivity index (χ1) is 6.42. The molecule has 0 radical (unpaired) electrons. The minimum Gasteiger partial charge on any atom is -0.325 e. The maximum Gasteiger partial charge on any atom is 0.430 e. The summed E-state index contributed by atoms with van der Waals surface area (Å²) in [6.45, 7) is 0.219. The van der Waals surface area contributed by atoms with E-state index in [-0.39, 0.29) is 13.1 Å². The molecule has 1 heterocycles. The van der Waals surface area contributed by atoms with Crippen LogP contribution in [0.1, 0.15) is 19.3 Å². The number of piperidine rings is 1. The van der Waals surface area contributed by atoms with Crippen molar-refractivity contribution in [3.05, 3.63) is 0 Å². The van der Waals surface area contributed by atoms with Crippen LogP contribution < -0.4 is 0 Å². The summed E-state index contributed by atoms with van der Waals surface area (Å²) in [6, 6.07) is 0. The van der Waals surface area contributed by atoms with E-state index in [1.165, 1.54) is 0 Å². The highest BCUT2D eigenvalue weighted by Crippen LogP contribution is 2.35. The molecule has 1 aliphatic heterocycles. The van der Waals surface area contributed by atoms with Crippen LogP contribution in [0.5, 0.6) is 0 Å². The Morgan fingerprint density at radius 2 is 1.71 bits per heavy atom. The Bertz CT molecular complexity index is 287.